The Kier molecular flexibility index (Phi) is 7.50. The van der Waals surface area contributed by atoms with E-state index in [1.807, 2.05) is 0 Å². The first kappa shape index (κ1) is 17.4. The fraction of sp³-hybridized carbons (Fsp3) is 0.556. The highest BCUT2D eigenvalue weighted by Gasteiger charge is 2.23. The van der Waals surface area contributed by atoms with Crippen LogP contribution in [-0.4, -0.2) is 29.8 Å². The van der Waals surface area contributed by atoms with Crippen LogP contribution >= 0.6 is 30.9 Å². The second kappa shape index (κ2) is 8.61. The van der Waals surface area contributed by atoms with E-state index in [0.29, 0.717) is 0 Å². The van der Waals surface area contributed by atoms with E-state index < -0.39 is 18.5 Å². The van der Waals surface area contributed by atoms with Gasteiger partial charge in [0.05, 0.1) is 6.07 Å². The number of nitrogens with zero attached hydrogens (tertiary/aromatic N) is 1. The number of nitro groups is 1. The van der Waals surface area contributed by atoms with Gasteiger partial charge in [-0.15, -0.1) is 23.2 Å². The topological polar surface area (TPSA) is 107 Å². The van der Waals surface area contributed by atoms with Gasteiger partial charge in [0.25, 0.3) is 0 Å². The standard InChI is InChI=1S/C9H14Cl2N3O5P/c10-3-5-12-20(17,13-6-4-11)18-7-8-1-2-9(19-8)14(15)16/h1-2H,3-7H2,(H2,12,13,17). The lowest BCUT2D eigenvalue weighted by atomic mass is 10.5. The van der Waals surface area contributed by atoms with Gasteiger partial charge in [0.2, 0.25) is 0 Å². The Bertz CT molecular complexity index is 472. The molecule has 20 heavy (non-hydrogen) atoms. The van der Waals surface area contributed by atoms with Crippen LogP contribution in [0.4, 0.5) is 5.88 Å². The van der Waals surface area contributed by atoms with Crippen LogP contribution in [0, 0.1) is 10.1 Å². The molecule has 0 unspecified atom stereocenters. The van der Waals surface area contributed by atoms with Gasteiger partial charge in [-0.2, -0.15) is 0 Å². The zero-order valence-corrected chi connectivity index (χ0v) is 12.8. The average Bonchev–Trinajstić information content (AvgIpc) is 2.90. The lowest BCUT2D eigenvalue weighted by molar-refractivity contribution is -0.402. The fourth-order valence-electron chi connectivity index (χ4n) is 1.22. The Morgan fingerprint density at radius 3 is 2.35 bits per heavy atom. The molecule has 0 saturated heterocycles. The summed E-state index contributed by atoms with van der Waals surface area (Å²) in [5.41, 5.74) is 0. The number of halogens is 2. The van der Waals surface area contributed by atoms with Crippen molar-refractivity contribution in [1.82, 2.24) is 10.2 Å². The Hall–Kier alpha value is -0.630. The molecule has 0 atom stereocenters. The van der Waals surface area contributed by atoms with Crippen molar-refractivity contribution in [3.8, 4) is 0 Å². The second-order valence-corrected chi connectivity index (χ2v) is 6.27. The van der Waals surface area contributed by atoms with E-state index in [0.717, 1.165) is 0 Å². The molecule has 0 saturated carbocycles. The van der Waals surface area contributed by atoms with Gasteiger partial charge in [-0.05, 0) is 6.07 Å². The molecule has 0 aromatic carbocycles. The van der Waals surface area contributed by atoms with Gasteiger partial charge in [0.15, 0.2) is 0 Å². The molecular weight excluding hydrogens is 332 g/mol. The summed E-state index contributed by atoms with van der Waals surface area (Å²) >= 11 is 11.0. The lowest BCUT2D eigenvalue weighted by Gasteiger charge is -2.19. The smallest absolute Gasteiger partial charge is 0.403 e. The lowest BCUT2D eigenvalue weighted by Crippen LogP contribution is -2.26. The first-order valence-corrected chi connectivity index (χ1v) is 8.30. The van der Waals surface area contributed by atoms with Gasteiger partial charge in [0.1, 0.15) is 17.3 Å². The van der Waals surface area contributed by atoms with Crippen molar-refractivity contribution < 1.29 is 18.4 Å². The first-order valence-electron chi connectivity index (χ1n) is 5.60. The van der Waals surface area contributed by atoms with Crippen LogP contribution in [0.15, 0.2) is 16.5 Å². The molecule has 0 fully saturated rings. The third-order valence-corrected chi connectivity index (χ3v) is 4.20. The largest absolute Gasteiger partial charge is 0.433 e. The van der Waals surface area contributed by atoms with E-state index in [1.54, 1.807) is 0 Å². The summed E-state index contributed by atoms with van der Waals surface area (Å²) in [6.45, 7) is 0.356. The number of hydrogen-bond donors (Lipinski definition) is 2. The van der Waals surface area contributed by atoms with E-state index in [2.05, 4.69) is 10.2 Å². The van der Waals surface area contributed by atoms with Crippen LogP contribution in [0.1, 0.15) is 5.76 Å². The van der Waals surface area contributed by atoms with Crippen LogP contribution in [0.25, 0.3) is 0 Å². The van der Waals surface area contributed by atoms with E-state index in [1.165, 1.54) is 12.1 Å². The summed E-state index contributed by atoms with van der Waals surface area (Å²) in [5, 5.41) is 15.7. The molecule has 0 aliphatic carbocycles. The number of furan rings is 1. The molecule has 0 radical (unpaired) electrons. The molecule has 1 aromatic rings. The van der Waals surface area contributed by atoms with Crippen LogP contribution in [-0.2, 0) is 15.7 Å². The molecule has 0 bridgehead atoms. The van der Waals surface area contributed by atoms with Crippen molar-refractivity contribution in [1.29, 1.82) is 0 Å². The Balaban J connectivity index is 2.59. The van der Waals surface area contributed by atoms with Crippen LogP contribution in [0.5, 0.6) is 0 Å². The molecule has 0 aliphatic heterocycles. The Labute approximate surface area is 125 Å². The molecule has 0 amide bonds. The first-order chi connectivity index (χ1) is 9.50. The van der Waals surface area contributed by atoms with Gasteiger partial charge in [-0.25, -0.2) is 10.2 Å². The molecule has 0 spiro atoms. The van der Waals surface area contributed by atoms with Crippen molar-refractivity contribution in [3.05, 3.63) is 28.0 Å². The maximum atomic E-state index is 12.3. The predicted octanol–water partition coefficient (Wildman–Crippen LogP) is 2.47. The van der Waals surface area contributed by atoms with Gasteiger partial charge in [-0.1, -0.05) is 0 Å². The Morgan fingerprint density at radius 2 is 1.90 bits per heavy atom. The summed E-state index contributed by atoms with van der Waals surface area (Å²) in [5.74, 6) is 0.294. The maximum absolute atomic E-state index is 12.3. The summed E-state index contributed by atoms with van der Waals surface area (Å²) in [6, 6.07) is 2.58. The minimum absolute atomic E-state index is 0.185. The SMILES string of the molecule is O=[N+]([O-])c1ccc(COP(=O)(NCCCl)NCCCl)o1. The van der Waals surface area contributed by atoms with Crippen molar-refractivity contribution >= 4 is 36.8 Å². The minimum atomic E-state index is -3.33. The zero-order valence-electron chi connectivity index (χ0n) is 10.4. The molecule has 1 heterocycles. The van der Waals surface area contributed by atoms with Gasteiger partial charge >= 0.3 is 13.6 Å². The minimum Gasteiger partial charge on any atom is -0.403 e. The molecule has 1 rings (SSSR count). The number of alkyl halides is 2. The van der Waals surface area contributed by atoms with Crippen molar-refractivity contribution in [2.45, 2.75) is 6.61 Å². The second-order valence-electron chi connectivity index (χ2n) is 3.52. The van der Waals surface area contributed by atoms with E-state index in [-0.39, 0.29) is 37.2 Å². The van der Waals surface area contributed by atoms with Gasteiger partial charge < -0.3 is 4.42 Å². The van der Waals surface area contributed by atoms with E-state index in [9.17, 15) is 14.7 Å². The summed E-state index contributed by atoms with van der Waals surface area (Å²) in [7, 11) is -3.33. The van der Waals surface area contributed by atoms with Crippen molar-refractivity contribution in [2.75, 3.05) is 24.8 Å². The summed E-state index contributed by atoms with van der Waals surface area (Å²) in [4.78, 5) is 9.79. The highest BCUT2D eigenvalue weighted by Crippen LogP contribution is 2.38. The average molecular weight is 346 g/mol. The predicted molar refractivity (Wildman–Crippen MR) is 75.2 cm³/mol. The molecule has 114 valence electrons. The van der Waals surface area contributed by atoms with Gasteiger partial charge in [-0.3, -0.25) is 19.2 Å². The number of rotatable bonds is 10. The third-order valence-electron chi connectivity index (χ3n) is 2.04. The quantitative estimate of drug-likeness (QED) is 0.290. The number of hydrogen-bond acceptors (Lipinski definition) is 5. The number of nitrogens with one attached hydrogen (secondary N) is 2. The maximum Gasteiger partial charge on any atom is 0.433 e. The third kappa shape index (κ3) is 5.78. The molecule has 0 aliphatic rings. The van der Waals surface area contributed by atoms with E-state index in [4.69, 9.17) is 32.1 Å². The van der Waals surface area contributed by atoms with Crippen LogP contribution < -0.4 is 10.2 Å². The zero-order chi connectivity index (χ0) is 15.0. The monoisotopic (exact) mass is 345 g/mol. The molecule has 1 aromatic heterocycles. The Morgan fingerprint density at radius 1 is 1.30 bits per heavy atom. The highest BCUT2D eigenvalue weighted by atomic mass is 35.5. The van der Waals surface area contributed by atoms with Crippen molar-refractivity contribution in [2.24, 2.45) is 0 Å². The summed E-state index contributed by atoms with van der Waals surface area (Å²) in [6.07, 6.45) is 0. The molecule has 11 heteroatoms. The highest BCUT2D eigenvalue weighted by molar-refractivity contribution is 7.54. The van der Waals surface area contributed by atoms with Crippen molar-refractivity contribution in [3.63, 3.8) is 0 Å². The van der Waals surface area contributed by atoms with Crippen LogP contribution in [0.2, 0.25) is 0 Å². The van der Waals surface area contributed by atoms with Gasteiger partial charge in [0, 0.05) is 24.8 Å². The molecule has 8 nitrogen and oxygen atoms in total. The van der Waals surface area contributed by atoms with Crippen LogP contribution in [0.3, 0.4) is 0 Å². The normalized spacial score (nSPS) is 11.7. The fourth-order valence-corrected chi connectivity index (χ4v) is 3.09. The molecular formula is C9H14Cl2N3O5P. The molecule has 2 N–H and O–H groups in total. The van der Waals surface area contributed by atoms with E-state index >= 15 is 0 Å². The summed E-state index contributed by atoms with van der Waals surface area (Å²) < 4.78 is 22.4.